The molecule has 0 aliphatic carbocycles. The first-order valence-electron chi connectivity index (χ1n) is 14.2. The van der Waals surface area contributed by atoms with Crippen LogP contribution in [-0.2, 0) is 22.6 Å². The lowest BCUT2D eigenvalue weighted by atomic mass is 9.84. The number of para-hydroxylation sites is 1. The zero-order valence-corrected chi connectivity index (χ0v) is 22.4. The van der Waals surface area contributed by atoms with E-state index in [2.05, 4.69) is 72.6 Å². The monoisotopic (exact) mass is 519 g/mol. The van der Waals surface area contributed by atoms with Crippen LogP contribution in [0.1, 0.15) is 46.8 Å². The number of amides is 2. The number of H-pyrrole nitrogens is 1. The predicted molar refractivity (Wildman–Crippen MR) is 151 cm³/mol. The summed E-state index contributed by atoms with van der Waals surface area (Å²) in [7, 11) is 0. The van der Waals surface area contributed by atoms with Crippen LogP contribution < -0.4 is 4.90 Å². The van der Waals surface area contributed by atoms with Gasteiger partial charge in [0.1, 0.15) is 19.1 Å². The van der Waals surface area contributed by atoms with Gasteiger partial charge in [0.05, 0.1) is 19.1 Å². The maximum absolute atomic E-state index is 14.2. The van der Waals surface area contributed by atoms with E-state index < -0.39 is 6.04 Å². The first-order valence-corrected chi connectivity index (χ1v) is 14.2. The Bertz CT molecular complexity index is 1540. The lowest BCUT2D eigenvalue weighted by Gasteiger charge is -2.49. The Hall–Kier alpha value is -3.90. The van der Waals surface area contributed by atoms with Crippen molar-refractivity contribution in [3.8, 4) is 0 Å². The van der Waals surface area contributed by atoms with Crippen LogP contribution >= 0.6 is 0 Å². The van der Waals surface area contributed by atoms with E-state index in [-0.39, 0.29) is 30.4 Å². The summed E-state index contributed by atoms with van der Waals surface area (Å²) in [6.07, 6.45) is 2.43. The van der Waals surface area contributed by atoms with Crippen molar-refractivity contribution in [1.82, 2.24) is 14.8 Å². The molecule has 39 heavy (non-hydrogen) atoms. The van der Waals surface area contributed by atoms with Crippen LogP contribution in [-0.4, -0.2) is 58.3 Å². The maximum Gasteiger partial charge on any atom is 0.246 e. The van der Waals surface area contributed by atoms with Crippen molar-refractivity contribution >= 4 is 22.7 Å². The van der Waals surface area contributed by atoms with E-state index in [0.29, 0.717) is 6.42 Å². The van der Waals surface area contributed by atoms with E-state index in [1.807, 2.05) is 28.0 Å². The summed E-state index contributed by atoms with van der Waals surface area (Å²) in [5, 5.41) is 1.15. The number of aryl methyl sites for hydroxylation is 1. The highest BCUT2D eigenvalue weighted by Crippen LogP contribution is 2.43. The second-order valence-corrected chi connectivity index (χ2v) is 11.5. The molecule has 2 fully saturated rings. The van der Waals surface area contributed by atoms with Gasteiger partial charge in [0.15, 0.2) is 0 Å². The Morgan fingerprint density at radius 2 is 1.62 bits per heavy atom. The van der Waals surface area contributed by atoms with E-state index in [9.17, 15) is 9.59 Å². The second kappa shape index (κ2) is 9.69. The minimum atomic E-state index is -0.475. The molecular weight excluding hydrogens is 484 g/mol. The highest BCUT2D eigenvalue weighted by Gasteiger charge is 2.50. The lowest BCUT2D eigenvalue weighted by molar-refractivity contribution is -0.919. The van der Waals surface area contributed by atoms with Crippen LogP contribution in [0.5, 0.6) is 0 Å². The van der Waals surface area contributed by atoms with E-state index in [1.165, 1.54) is 11.1 Å². The summed E-state index contributed by atoms with van der Waals surface area (Å²) < 4.78 is 0. The first kappa shape index (κ1) is 24.2. The average molecular weight is 520 g/mol. The Morgan fingerprint density at radius 1 is 0.897 bits per heavy atom. The highest BCUT2D eigenvalue weighted by atomic mass is 16.2. The van der Waals surface area contributed by atoms with Gasteiger partial charge in [-0.15, -0.1) is 0 Å². The molecule has 0 saturated carbocycles. The molecule has 0 radical (unpaired) electrons. The molecule has 0 bridgehead atoms. The Kier molecular flexibility index (Phi) is 6.00. The minimum absolute atomic E-state index is 0.0521. The molecule has 1 aromatic heterocycles. The van der Waals surface area contributed by atoms with Gasteiger partial charge in [-0.25, -0.2) is 0 Å². The number of nitrogens with one attached hydrogen (secondary N) is 2. The fourth-order valence-corrected chi connectivity index (χ4v) is 7.20. The summed E-state index contributed by atoms with van der Waals surface area (Å²) in [6, 6.07) is 26.6. The minimum Gasteiger partial charge on any atom is -0.356 e. The molecule has 3 aliphatic rings. The Balaban J connectivity index is 1.19. The molecule has 2 N–H and O–H groups in total. The number of carbonyl (C=O) groups is 2. The molecule has 7 rings (SSSR count). The topological polar surface area (TPSA) is 60.9 Å². The molecule has 4 aromatic rings. The molecule has 2 atom stereocenters. The number of aromatic amines is 1. The number of rotatable bonds is 4. The lowest BCUT2D eigenvalue weighted by Crippen LogP contribution is -3.12. The van der Waals surface area contributed by atoms with Crippen molar-refractivity contribution in [1.29, 1.82) is 0 Å². The highest BCUT2D eigenvalue weighted by molar-refractivity contribution is 5.98. The number of likely N-dealkylation sites (tertiary alicyclic amines) is 1. The largest absolute Gasteiger partial charge is 0.356 e. The third kappa shape index (κ3) is 4.14. The summed E-state index contributed by atoms with van der Waals surface area (Å²) in [6.45, 7) is 5.31. The third-order valence-corrected chi connectivity index (χ3v) is 9.18. The quantitative estimate of drug-likeness (QED) is 0.434. The van der Waals surface area contributed by atoms with Crippen LogP contribution in [0.25, 0.3) is 10.9 Å². The number of quaternary nitrogens is 1. The van der Waals surface area contributed by atoms with Gasteiger partial charge in [0.25, 0.3) is 0 Å². The number of aromatic nitrogens is 1. The van der Waals surface area contributed by atoms with Crippen LogP contribution in [0.3, 0.4) is 0 Å². The molecule has 3 aliphatic heterocycles. The number of nitrogens with zero attached hydrogens (tertiary/aromatic N) is 2. The second-order valence-electron chi connectivity index (χ2n) is 11.5. The number of fused-ring (bicyclic) bond motifs is 4. The Labute approximate surface area is 229 Å². The number of piperazine rings is 1. The summed E-state index contributed by atoms with van der Waals surface area (Å²) >= 11 is 0. The van der Waals surface area contributed by atoms with Gasteiger partial charge in [-0.05, 0) is 29.7 Å². The van der Waals surface area contributed by atoms with Gasteiger partial charge >= 0.3 is 0 Å². The molecular formula is C33H35N4O2+. The molecule has 198 valence electrons. The van der Waals surface area contributed by atoms with Crippen LogP contribution in [0.2, 0.25) is 0 Å². The molecule has 2 amide bonds. The van der Waals surface area contributed by atoms with Crippen molar-refractivity contribution in [2.24, 2.45) is 0 Å². The average Bonchev–Trinajstić information content (AvgIpc) is 3.34. The zero-order chi connectivity index (χ0) is 26.5. The fraction of sp³-hybridized carbons (Fsp3) is 0.333. The van der Waals surface area contributed by atoms with Gasteiger partial charge in [-0.2, -0.15) is 0 Å². The SMILES string of the molecule is Cc1ccccc1[C@H]1c2[nH]c3ccccc3c2C[C@H]2C(=O)N(C3CC[NH+](Cc4ccccc4)CC3)CC(=O)N12. The summed E-state index contributed by atoms with van der Waals surface area (Å²) in [5.41, 5.74) is 6.85. The summed E-state index contributed by atoms with van der Waals surface area (Å²) in [4.78, 5) is 37.2. The smallest absolute Gasteiger partial charge is 0.246 e. The van der Waals surface area contributed by atoms with Crippen molar-refractivity contribution in [2.75, 3.05) is 19.6 Å². The zero-order valence-electron chi connectivity index (χ0n) is 22.4. The maximum atomic E-state index is 14.2. The van der Waals surface area contributed by atoms with Crippen LogP contribution in [0.4, 0.5) is 0 Å². The number of piperidine rings is 1. The normalized spacial score (nSPS) is 25.1. The fourth-order valence-electron chi connectivity index (χ4n) is 7.20. The first-order chi connectivity index (χ1) is 19.1. The molecule has 6 heteroatoms. The van der Waals surface area contributed by atoms with Crippen LogP contribution in [0, 0.1) is 6.92 Å². The molecule has 6 nitrogen and oxygen atoms in total. The van der Waals surface area contributed by atoms with Gasteiger partial charge < -0.3 is 19.7 Å². The number of benzene rings is 3. The molecule has 0 unspecified atom stereocenters. The van der Waals surface area contributed by atoms with E-state index in [0.717, 1.165) is 60.2 Å². The number of carbonyl (C=O) groups excluding carboxylic acids is 2. The van der Waals surface area contributed by atoms with Gasteiger partial charge in [-0.1, -0.05) is 72.8 Å². The molecule has 3 aromatic carbocycles. The summed E-state index contributed by atoms with van der Waals surface area (Å²) in [5.74, 6) is 0.164. The van der Waals surface area contributed by atoms with Gasteiger partial charge in [0, 0.05) is 47.5 Å². The number of hydrogen-bond donors (Lipinski definition) is 2. The van der Waals surface area contributed by atoms with Crippen LogP contribution in [0.15, 0.2) is 78.9 Å². The van der Waals surface area contributed by atoms with E-state index in [4.69, 9.17) is 0 Å². The number of hydrogen-bond acceptors (Lipinski definition) is 2. The van der Waals surface area contributed by atoms with E-state index >= 15 is 0 Å². The standard InChI is InChI=1S/C33H34N4O2/c1-22-9-5-6-12-25(22)32-31-27(26-13-7-8-14-28(26)34-31)19-29-33(39)36(21-30(38)37(29)32)24-15-17-35(18-16-24)20-23-10-3-2-4-11-23/h2-14,24,29,32,34H,15-21H2,1H3/p+1/t29-,32-/m0/s1. The van der Waals surface area contributed by atoms with E-state index in [1.54, 1.807) is 4.90 Å². The van der Waals surface area contributed by atoms with Crippen molar-refractivity contribution in [3.05, 3.63) is 107 Å². The van der Waals surface area contributed by atoms with Crippen molar-refractivity contribution < 1.29 is 14.5 Å². The molecule has 4 heterocycles. The molecule has 0 spiro atoms. The van der Waals surface area contributed by atoms with Gasteiger partial charge in [-0.3, -0.25) is 9.59 Å². The van der Waals surface area contributed by atoms with Crippen molar-refractivity contribution in [3.63, 3.8) is 0 Å². The Morgan fingerprint density at radius 3 is 2.41 bits per heavy atom. The molecule has 2 saturated heterocycles. The van der Waals surface area contributed by atoms with Gasteiger partial charge in [0.2, 0.25) is 11.8 Å². The van der Waals surface area contributed by atoms with Crippen molar-refractivity contribution in [2.45, 2.75) is 50.9 Å². The predicted octanol–water partition coefficient (Wildman–Crippen LogP) is 3.41. The third-order valence-electron chi connectivity index (χ3n) is 9.18.